The molecule has 1 saturated heterocycles. The minimum atomic E-state index is -2.71. The Bertz CT molecular complexity index is 412. The Morgan fingerprint density at radius 3 is 2.60 bits per heavy atom. The summed E-state index contributed by atoms with van der Waals surface area (Å²) < 4.78 is 14.3. The van der Waals surface area contributed by atoms with E-state index in [0.29, 0.717) is 17.8 Å². The third-order valence-corrected chi connectivity index (χ3v) is 5.02. The molecule has 1 aliphatic carbocycles. The molecule has 1 heterocycles. The fourth-order valence-electron chi connectivity index (χ4n) is 3.74. The standard InChI is InChI=1S/C15H24FNO3/c1-9(2)11-5-4-10(3)8-12(11)17-7-6-15(16,13(17)18)14(19)20/h9-12H,4-8H2,1-3H3,(H,19,20)/t10-,11+,12-,15-/m0/s1. The average molecular weight is 285 g/mol. The Hall–Kier alpha value is -1.13. The van der Waals surface area contributed by atoms with Crippen LogP contribution in [0.4, 0.5) is 4.39 Å². The van der Waals surface area contributed by atoms with Crippen molar-refractivity contribution in [2.45, 2.75) is 58.2 Å². The van der Waals surface area contributed by atoms with Crippen molar-refractivity contribution >= 4 is 11.9 Å². The molecule has 2 fully saturated rings. The number of halogens is 1. The molecule has 1 aliphatic heterocycles. The Morgan fingerprint density at radius 2 is 2.10 bits per heavy atom. The third-order valence-electron chi connectivity index (χ3n) is 5.02. The summed E-state index contributed by atoms with van der Waals surface area (Å²) in [5, 5.41) is 8.96. The van der Waals surface area contributed by atoms with Gasteiger partial charge in [-0.15, -0.1) is 0 Å². The topological polar surface area (TPSA) is 57.6 Å². The molecular formula is C15H24FNO3. The first kappa shape index (κ1) is 15.3. The fourth-order valence-corrected chi connectivity index (χ4v) is 3.74. The number of amides is 1. The van der Waals surface area contributed by atoms with Crippen molar-refractivity contribution in [3.63, 3.8) is 0 Å². The van der Waals surface area contributed by atoms with Gasteiger partial charge in [-0.25, -0.2) is 9.18 Å². The number of carboxylic acids is 1. The number of likely N-dealkylation sites (tertiary alicyclic amines) is 1. The number of hydrogen-bond acceptors (Lipinski definition) is 2. The molecule has 1 amide bonds. The average Bonchev–Trinajstić information content (AvgIpc) is 2.67. The molecule has 0 aromatic heterocycles. The molecule has 0 aromatic rings. The Labute approximate surface area is 119 Å². The Morgan fingerprint density at radius 1 is 1.45 bits per heavy atom. The molecule has 0 unspecified atom stereocenters. The number of rotatable bonds is 3. The lowest BCUT2D eigenvalue weighted by atomic mass is 9.73. The van der Waals surface area contributed by atoms with Crippen LogP contribution in [0.25, 0.3) is 0 Å². The normalized spacial score (nSPS) is 38.5. The van der Waals surface area contributed by atoms with Crippen LogP contribution in [0.15, 0.2) is 0 Å². The maximum absolute atomic E-state index is 14.3. The van der Waals surface area contributed by atoms with Crippen LogP contribution >= 0.6 is 0 Å². The lowest BCUT2D eigenvalue weighted by molar-refractivity contribution is -0.159. The molecule has 4 nitrogen and oxygen atoms in total. The van der Waals surface area contributed by atoms with Crippen molar-refractivity contribution in [1.29, 1.82) is 0 Å². The van der Waals surface area contributed by atoms with E-state index in [1.165, 1.54) is 4.90 Å². The monoisotopic (exact) mass is 285 g/mol. The summed E-state index contributed by atoms with van der Waals surface area (Å²) in [5.41, 5.74) is -2.71. The molecule has 0 spiro atoms. The lowest BCUT2D eigenvalue weighted by Crippen LogP contribution is -2.51. The van der Waals surface area contributed by atoms with E-state index in [9.17, 15) is 14.0 Å². The quantitative estimate of drug-likeness (QED) is 0.810. The van der Waals surface area contributed by atoms with Crippen LogP contribution in [-0.2, 0) is 9.59 Å². The number of nitrogens with zero attached hydrogens (tertiary/aromatic N) is 1. The molecule has 0 aromatic carbocycles. The highest BCUT2D eigenvalue weighted by atomic mass is 19.1. The summed E-state index contributed by atoms with van der Waals surface area (Å²) in [6.07, 6.45) is 2.78. The smallest absolute Gasteiger partial charge is 0.351 e. The number of carboxylic acid groups (broad SMARTS) is 1. The summed E-state index contributed by atoms with van der Waals surface area (Å²) in [6, 6.07) is -0.0109. The maximum Gasteiger partial charge on any atom is 0.351 e. The number of carbonyl (C=O) groups excluding carboxylic acids is 1. The van der Waals surface area contributed by atoms with Gasteiger partial charge < -0.3 is 10.0 Å². The lowest BCUT2D eigenvalue weighted by Gasteiger charge is -2.42. The summed E-state index contributed by atoms with van der Waals surface area (Å²) in [5.74, 6) is -1.22. The van der Waals surface area contributed by atoms with Gasteiger partial charge in [0.1, 0.15) is 0 Å². The predicted molar refractivity (Wildman–Crippen MR) is 72.9 cm³/mol. The zero-order chi connectivity index (χ0) is 15.1. The maximum atomic E-state index is 14.3. The van der Waals surface area contributed by atoms with E-state index in [4.69, 9.17) is 5.11 Å². The first-order valence-corrected chi connectivity index (χ1v) is 7.50. The highest BCUT2D eigenvalue weighted by molar-refractivity contribution is 6.06. The van der Waals surface area contributed by atoms with Crippen molar-refractivity contribution in [1.82, 2.24) is 4.90 Å². The molecule has 0 bridgehead atoms. The SMILES string of the molecule is CC(C)[C@H]1CC[C@H](C)C[C@@H]1N1CC[C@@](F)(C(=O)O)C1=O. The number of aliphatic carboxylic acids is 1. The van der Waals surface area contributed by atoms with Crippen LogP contribution in [0.3, 0.4) is 0 Å². The van der Waals surface area contributed by atoms with Crippen LogP contribution in [0, 0.1) is 17.8 Å². The van der Waals surface area contributed by atoms with Gasteiger partial charge in [-0.2, -0.15) is 0 Å². The van der Waals surface area contributed by atoms with Gasteiger partial charge in [0.15, 0.2) is 0 Å². The largest absolute Gasteiger partial charge is 0.478 e. The molecule has 1 N–H and O–H groups in total. The molecule has 5 heteroatoms. The minimum absolute atomic E-state index is 0.0109. The zero-order valence-corrected chi connectivity index (χ0v) is 12.4. The first-order valence-electron chi connectivity index (χ1n) is 7.50. The Kier molecular flexibility index (Phi) is 4.07. The van der Waals surface area contributed by atoms with E-state index in [0.717, 1.165) is 19.3 Å². The van der Waals surface area contributed by atoms with Gasteiger partial charge in [-0.3, -0.25) is 4.79 Å². The molecule has 1 saturated carbocycles. The molecule has 0 radical (unpaired) electrons. The Balaban J connectivity index is 2.21. The highest BCUT2D eigenvalue weighted by Gasteiger charge is 2.56. The van der Waals surface area contributed by atoms with Gasteiger partial charge in [-0.05, 0) is 30.6 Å². The second-order valence-corrected chi connectivity index (χ2v) is 6.75. The fraction of sp³-hybridized carbons (Fsp3) is 0.867. The minimum Gasteiger partial charge on any atom is -0.478 e. The van der Waals surface area contributed by atoms with Crippen LogP contribution in [0.1, 0.15) is 46.5 Å². The first-order chi connectivity index (χ1) is 9.27. The second kappa shape index (κ2) is 5.34. The van der Waals surface area contributed by atoms with E-state index in [1.54, 1.807) is 0 Å². The van der Waals surface area contributed by atoms with Crippen LogP contribution < -0.4 is 0 Å². The van der Waals surface area contributed by atoms with Gasteiger partial charge in [0.2, 0.25) is 0 Å². The summed E-state index contributed by atoms with van der Waals surface area (Å²) in [7, 11) is 0. The van der Waals surface area contributed by atoms with E-state index in [2.05, 4.69) is 20.8 Å². The van der Waals surface area contributed by atoms with E-state index < -0.39 is 17.5 Å². The third kappa shape index (κ3) is 2.42. The zero-order valence-electron chi connectivity index (χ0n) is 12.4. The van der Waals surface area contributed by atoms with Crippen LogP contribution in [0.2, 0.25) is 0 Å². The molecule has 20 heavy (non-hydrogen) atoms. The van der Waals surface area contributed by atoms with Crippen molar-refractivity contribution in [3.8, 4) is 0 Å². The van der Waals surface area contributed by atoms with Gasteiger partial charge in [0, 0.05) is 19.0 Å². The van der Waals surface area contributed by atoms with Gasteiger partial charge in [0.05, 0.1) is 0 Å². The molecule has 4 atom stereocenters. The summed E-state index contributed by atoms with van der Waals surface area (Å²) in [6.45, 7) is 6.61. The van der Waals surface area contributed by atoms with Crippen LogP contribution in [-0.4, -0.2) is 40.1 Å². The summed E-state index contributed by atoms with van der Waals surface area (Å²) >= 11 is 0. The van der Waals surface area contributed by atoms with Crippen molar-refractivity contribution in [2.75, 3.05) is 6.54 Å². The molecule has 2 rings (SSSR count). The van der Waals surface area contributed by atoms with Crippen LogP contribution in [0.5, 0.6) is 0 Å². The second-order valence-electron chi connectivity index (χ2n) is 6.75. The van der Waals surface area contributed by atoms with Gasteiger partial charge in [0.25, 0.3) is 11.6 Å². The van der Waals surface area contributed by atoms with Crippen molar-refractivity contribution in [2.24, 2.45) is 17.8 Å². The van der Waals surface area contributed by atoms with E-state index in [-0.39, 0.29) is 19.0 Å². The molecule has 114 valence electrons. The number of alkyl halides is 1. The predicted octanol–water partition coefficient (Wildman–Crippen LogP) is 2.47. The molecular weight excluding hydrogens is 261 g/mol. The van der Waals surface area contributed by atoms with Crippen molar-refractivity contribution in [3.05, 3.63) is 0 Å². The molecule has 2 aliphatic rings. The highest BCUT2D eigenvalue weighted by Crippen LogP contribution is 2.40. The van der Waals surface area contributed by atoms with E-state index >= 15 is 0 Å². The van der Waals surface area contributed by atoms with E-state index in [1.807, 2.05) is 0 Å². The summed E-state index contributed by atoms with van der Waals surface area (Å²) in [4.78, 5) is 24.7. The van der Waals surface area contributed by atoms with Crippen molar-refractivity contribution < 1.29 is 19.1 Å². The number of carbonyl (C=O) groups is 2. The number of hydrogen-bond donors (Lipinski definition) is 1. The van der Waals surface area contributed by atoms with Gasteiger partial charge >= 0.3 is 5.97 Å². The van der Waals surface area contributed by atoms with Gasteiger partial charge in [-0.1, -0.05) is 27.2 Å².